The predicted octanol–water partition coefficient (Wildman–Crippen LogP) is 2.13. The Morgan fingerprint density at radius 3 is 2.67 bits per heavy atom. The van der Waals surface area contributed by atoms with Gasteiger partial charge in [0.1, 0.15) is 0 Å². The number of nitrogens with one attached hydrogen (secondary N) is 1. The normalized spacial score (nSPS) is 12.6. The zero-order valence-electron chi connectivity index (χ0n) is 12.2. The van der Waals surface area contributed by atoms with E-state index in [-0.39, 0.29) is 30.2 Å². The summed E-state index contributed by atoms with van der Waals surface area (Å²) in [5.41, 5.74) is 0.332. The Bertz CT molecular complexity index is 526. The highest BCUT2D eigenvalue weighted by Gasteiger charge is 2.14. The van der Waals surface area contributed by atoms with Crippen LogP contribution in [-0.4, -0.2) is 28.6 Å². The largest absolute Gasteiger partial charge is 0.396 e. The maximum absolute atomic E-state index is 11.8. The number of rotatable bonds is 7. The Morgan fingerprint density at radius 1 is 1.43 bits per heavy atom. The lowest BCUT2D eigenvalue weighted by Crippen LogP contribution is -2.38. The van der Waals surface area contributed by atoms with E-state index in [0.29, 0.717) is 12.0 Å². The second-order valence-electron chi connectivity index (χ2n) is 5.02. The molecule has 0 spiro atoms. The molecule has 0 heterocycles. The summed E-state index contributed by atoms with van der Waals surface area (Å²) >= 11 is 0. The van der Waals surface area contributed by atoms with Gasteiger partial charge in [0.2, 0.25) is 5.91 Å². The molecule has 0 aliphatic rings. The number of aliphatic hydroxyl groups is 1. The first-order valence-corrected chi connectivity index (χ1v) is 6.78. The molecule has 21 heavy (non-hydrogen) atoms. The molecular formula is C15H20N2O4. The predicted molar refractivity (Wildman–Crippen MR) is 80.6 cm³/mol. The van der Waals surface area contributed by atoms with E-state index in [0.717, 1.165) is 0 Å². The standard InChI is InChI=1S/C15H20N2O4/c1-11(2)13(9-10-18)16-15(19)8-7-12-5-3-4-6-14(12)17(20)21/h3-8,11,13,18H,9-10H2,1-2H3,(H,16,19)/b8-7+. The smallest absolute Gasteiger partial charge is 0.276 e. The van der Waals surface area contributed by atoms with Crippen LogP contribution in [0.5, 0.6) is 0 Å². The Labute approximate surface area is 123 Å². The summed E-state index contributed by atoms with van der Waals surface area (Å²) in [6.45, 7) is 3.90. The molecule has 6 nitrogen and oxygen atoms in total. The fraction of sp³-hybridized carbons (Fsp3) is 0.400. The Balaban J connectivity index is 2.76. The quantitative estimate of drug-likeness (QED) is 0.457. The zero-order valence-corrected chi connectivity index (χ0v) is 12.2. The van der Waals surface area contributed by atoms with Crippen molar-refractivity contribution in [1.29, 1.82) is 0 Å². The van der Waals surface area contributed by atoms with E-state index in [4.69, 9.17) is 5.11 Å². The van der Waals surface area contributed by atoms with E-state index >= 15 is 0 Å². The third-order valence-electron chi connectivity index (χ3n) is 3.12. The number of hydrogen-bond donors (Lipinski definition) is 2. The van der Waals surface area contributed by atoms with Crippen LogP contribution in [0.4, 0.5) is 5.69 Å². The van der Waals surface area contributed by atoms with Crippen molar-refractivity contribution in [3.8, 4) is 0 Å². The van der Waals surface area contributed by atoms with Gasteiger partial charge in [-0.3, -0.25) is 14.9 Å². The van der Waals surface area contributed by atoms with Crippen molar-refractivity contribution in [2.75, 3.05) is 6.61 Å². The molecule has 0 saturated heterocycles. The fourth-order valence-electron chi connectivity index (χ4n) is 1.90. The third kappa shape index (κ3) is 5.35. The van der Waals surface area contributed by atoms with E-state index in [1.165, 1.54) is 18.2 Å². The summed E-state index contributed by atoms with van der Waals surface area (Å²) < 4.78 is 0. The number of carbonyl (C=O) groups excluding carboxylic acids is 1. The van der Waals surface area contributed by atoms with Gasteiger partial charge in [-0.2, -0.15) is 0 Å². The van der Waals surface area contributed by atoms with Crippen LogP contribution in [0, 0.1) is 16.0 Å². The number of amides is 1. The average molecular weight is 292 g/mol. The lowest BCUT2D eigenvalue weighted by Gasteiger charge is -2.20. The molecule has 0 aromatic heterocycles. The van der Waals surface area contributed by atoms with Gasteiger partial charge in [-0.25, -0.2) is 0 Å². The molecule has 1 atom stereocenters. The molecule has 0 aliphatic carbocycles. The van der Waals surface area contributed by atoms with Crippen LogP contribution < -0.4 is 5.32 Å². The van der Waals surface area contributed by atoms with Crippen LogP contribution in [0.3, 0.4) is 0 Å². The summed E-state index contributed by atoms with van der Waals surface area (Å²) in [6.07, 6.45) is 3.17. The third-order valence-corrected chi connectivity index (χ3v) is 3.12. The van der Waals surface area contributed by atoms with Crippen LogP contribution in [0.1, 0.15) is 25.8 Å². The van der Waals surface area contributed by atoms with E-state index in [1.807, 2.05) is 13.8 Å². The minimum absolute atomic E-state index is 0.00298. The molecule has 0 aliphatic heterocycles. The molecule has 2 N–H and O–H groups in total. The minimum Gasteiger partial charge on any atom is -0.396 e. The highest BCUT2D eigenvalue weighted by molar-refractivity contribution is 5.92. The molecule has 0 fully saturated rings. The van der Waals surface area contributed by atoms with Gasteiger partial charge >= 0.3 is 0 Å². The fourth-order valence-corrected chi connectivity index (χ4v) is 1.90. The van der Waals surface area contributed by atoms with Gasteiger partial charge in [0, 0.05) is 24.8 Å². The highest BCUT2D eigenvalue weighted by Crippen LogP contribution is 2.18. The Morgan fingerprint density at radius 2 is 2.10 bits per heavy atom. The molecule has 1 aromatic rings. The topological polar surface area (TPSA) is 92.5 Å². The van der Waals surface area contributed by atoms with E-state index in [9.17, 15) is 14.9 Å². The maximum Gasteiger partial charge on any atom is 0.276 e. The SMILES string of the molecule is CC(C)C(CCO)NC(=O)/C=C/c1ccccc1[N+](=O)[O-]. The summed E-state index contributed by atoms with van der Waals surface area (Å²) in [4.78, 5) is 22.2. The van der Waals surface area contributed by atoms with Crippen LogP contribution in [0.15, 0.2) is 30.3 Å². The number of nitro benzene ring substituents is 1. The number of carbonyl (C=O) groups is 1. The summed E-state index contributed by atoms with van der Waals surface area (Å²) in [6, 6.07) is 6.09. The second kappa shape index (κ2) is 8.16. The van der Waals surface area contributed by atoms with Gasteiger partial charge in [0.05, 0.1) is 10.5 Å². The summed E-state index contributed by atoms with van der Waals surface area (Å²) in [7, 11) is 0. The monoisotopic (exact) mass is 292 g/mol. The van der Waals surface area contributed by atoms with E-state index < -0.39 is 4.92 Å². The minimum atomic E-state index is -0.486. The lowest BCUT2D eigenvalue weighted by atomic mass is 10.0. The Kier molecular flexibility index (Phi) is 6.55. The number of nitro groups is 1. The van der Waals surface area contributed by atoms with Crippen molar-refractivity contribution in [1.82, 2.24) is 5.32 Å². The average Bonchev–Trinajstić information content (AvgIpc) is 2.44. The van der Waals surface area contributed by atoms with Crippen molar-refractivity contribution >= 4 is 17.7 Å². The van der Waals surface area contributed by atoms with Crippen molar-refractivity contribution in [2.45, 2.75) is 26.3 Å². The maximum atomic E-state index is 11.8. The molecule has 0 radical (unpaired) electrons. The van der Waals surface area contributed by atoms with Gasteiger partial charge < -0.3 is 10.4 Å². The first-order chi connectivity index (χ1) is 9.95. The van der Waals surface area contributed by atoms with Crippen LogP contribution in [0.25, 0.3) is 6.08 Å². The zero-order chi connectivity index (χ0) is 15.8. The van der Waals surface area contributed by atoms with E-state index in [1.54, 1.807) is 18.2 Å². The summed E-state index contributed by atoms with van der Waals surface area (Å²) in [5.74, 6) is -0.138. The number of aliphatic hydroxyl groups excluding tert-OH is 1. The van der Waals surface area contributed by atoms with Gasteiger partial charge in [-0.05, 0) is 24.5 Å². The molecule has 0 bridgehead atoms. The second-order valence-corrected chi connectivity index (χ2v) is 5.02. The molecule has 1 amide bonds. The molecular weight excluding hydrogens is 272 g/mol. The van der Waals surface area contributed by atoms with Crippen molar-refractivity contribution < 1.29 is 14.8 Å². The molecule has 1 rings (SSSR count). The number of benzene rings is 1. The molecule has 1 unspecified atom stereocenters. The molecule has 6 heteroatoms. The number of hydrogen-bond acceptors (Lipinski definition) is 4. The summed E-state index contributed by atoms with van der Waals surface area (Å²) in [5, 5.41) is 22.6. The van der Waals surface area contributed by atoms with Gasteiger partial charge in [-0.1, -0.05) is 26.0 Å². The van der Waals surface area contributed by atoms with Gasteiger partial charge in [0.25, 0.3) is 5.69 Å². The van der Waals surface area contributed by atoms with Crippen LogP contribution >= 0.6 is 0 Å². The van der Waals surface area contributed by atoms with Gasteiger partial charge in [0.15, 0.2) is 0 Å². The molecule has 114 valence electrons. The molecule has 0 saturated carbocycles. The van der Waals surface area contributed by atoms with Crippen LogP contribution in [0.2, 0.25) is 0 Å². The Hall–Kier alpha value is -2.21. The van der Waals surface area contributed by atoms with Crippen molar-refractivity contribution in [3.63, 3.8) is 0 Å². The van der Waals surface area contributed by atoms with Gasteiger partial charge in [-0.15, -0.1) is 0 Å². The number of para-hydroxylation sites is 1. The highest BCUT2D eigenvalue weighted by atomic mass is 16.6. The lowest BCUT2D eigenvalue weighted by molar-refractivity contribution is -0.385. The van der Waals surface area contributed by atoms with Crippen molar-refractivity contribution in [2.24, 2.45) is 5.92 Å². The van der Waals surface area contributed by atoms with E-state index in [2.05, 4.69) is 5.32 Å². The number of nitrogens with zero attached hydrogens (tertiary/aromatic N) is 1. The first-order valence-electron chi connectivity index (χ1n) is 6.78. The first kappa shape index (κ1) is 16.8. The van der Waals surface area contributed by atoms with Crippen molar-refractivity contribution in [3.05, 3.63) is 46.0 Å². The molecule has 1 aromatic carbocycles. The van der Waals surface area contributed by atoms with Crippen LogP contribution in [-0.2, 0) is 4.79 Å².